The summed E-state index contributed by atoms with van der Waals surface area (Å²) >= 11 is 0. The van der Waals surface area contributed by atoms with E-state index in [2.05, 4.69) is 10.8 Å². The SMILES string of the molecule is CC(=O)N1C[C@H](N(C)OCc2ccccc2)CC[C@H]1C(=O)NOCCNC(=O)OC(C)(C)C. The second-order valence-electron chi connectivity index (χ2n) is 8.97. The number of benzene rings is 1. The van der Waals surface area contributed by atoms with Crippen molar-refractivity contribution >= 4 is 17.9 Å². The van der Waals surface area contributed by atoms with Crippen LogP contribution in [0.1, 0.15) is 46.1 Å². The molecule has 0 aromatic heterocycles. The van der Waals surface area contributed by atoms with E-state index in [9.17, 15) is 14.4 Å². The van der Waals surface area contributed by atoms with Gasteiger partial charge in [-0.3, -0.25) is 19.3 Å². The number of carbonyl (C=O) groups excluding carboxylic acids is 3. The van der Waals surface area contributed by atoms with Gasteiger partial charge in [0.2, 0.25) is 5.91 Å². The van der Waals surface area contributed by atoms with Crippen LogP contribution < -0.4 is 10.8 Å². The number of nitrogens with zero attached hydrogens (tertiary/aromatic N) is 2. The molecule has 0 bridgehead atoms. The van der Waals surface area contributed by atoms with Crippen molar-refractivity contribution in [3.63, 3.8) is 0 Å². The van der Waals surface area contributed by atoms with Gasteiger partial charge < -0.3 is 15.0 Å². The predicted molar refractivity (Wildman–Crippen MR) is 122 cm³/mol. The number of alkyl carbamates (subject to hydrolysis) is 1. The Morgan fingerprint density at radius 3 is 2.48 bits per heavy atom. The average molecular weight is 465 g/mol. The third-order valence-corrected chi connectivity index (χ3v) is 5.10. The van der Waals surface area contributed by atoms with Gasteiger partial charge in [0.05, 0.1) is 19.3 Å². The number of hydrogen-bond acceptors (Lipinski definition) is 7. The van der Waals surface area contributed by atoms with Crippen molar-refractivity contribution in [3.8, 4) is 0 Å². The van der Waals surface area contributed by atoms with Gasteiger partial charge in [-0.25, -0.2) is 10.3 Å². The molecule has 1 aliphatic heterocycles. The highest BCUT2D eigenvalue weighted by Crippen LogP contribution is 2.22. The first-order valence-corrected chi connectivity index (χ1v) is 11.1. The van der Waals surface area contributed by atoms with Crippen LogP contribution >= 0.6 is 0 Å². The monoisotopic (exact) mass is 464 g/mol. The molecule has 0 spiro atoms. The molecule has 1 aromatic rings. The maximum atomic E-state index is 12.6. The molecule has 10 nitrogen and oxygen atoms in total. The summed E-state index contributed by atoms with van der Waals surface area (Å²) in [7, 11) is 1.84. The van der Waals surface area contributed by atoms with E-state index in [-0.39, 0.29) is 25.1 Å². The van der Waals surface area contributed by atoms with Gasteiger partial charge in [-0.2, -0.15) is 5.06 Å². The van der Waals surface area contributed by atoms with Crippen LogP contribution in [0, 0.1) is 0 Å². The number of amides is 3. The Morgan fingerprint density at radius 2 is 1.85 bits per heavy atom. The lowest BCUT2D eigenvalue weighted by Gasteiger charge is -2.40. The molecule has 0 radical (unpaired) electrons. The quantitative estimate of drug-likeness (QED) is 0.425. The fraction of sp³-hybridized carbons (Fsp3) is 0.609. The minimum atomic E-state index is -0.625. The molecule has 184 valence electrons. The number of ether oxygens (including phenoxy) is 1. The highest BCUT2D eigenvalue weighted by molar-refractivity contribution is 5.86. The lowest BCUT2D eigenvalue weighted by atomic mass is 9.97. The summed E-state index contributed by atoms with van der Waals surface area (Å²) < 4.78 is 5.12. The Bertz CT molecular complexity index is 783. The number of carbonyl (C=O) groups is 3. The molecule has 1 saturated heterocycles. The van der Waals surface area contributed by atoms with Crippen molar-refractivity contribution in [2.75, 3.05) is 26.7 Å². The van der Waals surface area contributed by atoms with E-state index in [0.29, 0.717) is 26.0 Å². The van der Waals surface area contributed by atoms with Crippen molar-refractivity contribution in [2.24, 2.45) is 0 Å². The van der Waals surface area contributed by atoms with Crippen LogP contribution in [0.5, 0.6) is 0 Å². The Balaban J connectivity index is 1.75. The van der Waals surface area contributed by atoms with Crippen molar-refractivity contribution in [3.05, 3.63) is 35.9 Å². The summed E-state index contributed by atoms with van der Waals surface area (Å²) in [5.41, 5.74) is 2.85. The molecule has 1 heterocycles. The van der Waals surface area contributed by atoms with E-state index in [1.165, 1.54) is 11.8 Å². The van der Waals surface area contributed by atoms with Crippen LogP contribution in [0.2, 0.25) is 0 Å². The van der Waals surface area contributed by atoms with Gasteiger partial charge in [0.1, 0.15) is 11.6 Å². The molecule has 3 amide bonds. The lowest BCUT2D eigenvalue weighted by molar-refractivity contribution is -0.192. The molecule has 10 heteroatoms. The molecular weight excluding hydrogens is 428 g/mol. The molecular formula is C23H36N4O6. The zero-order valence-electron chi connectivity index (χ0n) is 20.1. The first-order chi connectivity index (χ1) is 15.6. The maximum absolute atomic E-state index is 12.6. The smallest absolute Gasteiger partial charge is 0.407 e. The average Bonchev–Trinajstić information content (AvgIpc) is 2.76. The van der Waals surface area contributed by atoms with E-state index in [1.54, 1.807) is 25.8 Å². The summed E-state index contributed by atoms with van der Waals surface area (Å²) in [5, 5.41) is 4.30. The van der Waals surface area contributed by atoms with E-state index in [1.807, 2.05) is 37.4 Å². The van der Waals surface area contributed by atoms with Gasteiger partial charge in [-0.05, 0) is 39.2 Å². The standard InChI is InChI=1S/C23H36N4O6/c1-17(28)27-15-19(26(5)32-16-18-9-7-6-8-10-18)11-12-20(27)21(29)25-31-14-13-24-22(30)33-23(2,3)4/h6-10,19-20H,11-16H2,1-5H3,(H,24,30)(H,25,29)/t19-,20+/m1/s1. The highest BCUT2D eigenvalue weighted by atomic mass is 16.7. The van der Waals surface area contributed by atoms with Gasteiger partial charge >= 0.3 is 6.09 Å². The number of hydrogen-bond donors (Lipinski definition) is 2. The number of rotatable bonds is 9. The van der Waals surface area contributed by atoms with Gasteiger partial charge in [0, 0.05) is 27.1 Å². The number of likely N-dealkylation sites (tertiary alicyclic amines) is 1. The Hall–Kier alpha value is -2.69. The van der Waals surface area contributed by atoms with Crippen LogP contribution in [-0.4, -0.2) is 72.3 Å². The molecule has 0 aliphatic carbocycles. The van der Waals surface area contributed by atoms with Gasteiger partial charge in [-0.1, -0.05) is 30.3 Å². The third-order valence-electron chi connectivity index (χ3n) is 5.10. The zero-order chi connectivity index (χ0) is 24.4. The molecule has 1 aromatic carbocycles. The maximum Gasteiger partial charge on any atom is 0.407 e. The molecule has 2 rings (SSSR count). The summed E-state index contributed by atoms with van der Waals surface area (Å²) in [6, 6.07) is 9.18. The zero-order valence-corrected chi connectivity index (χ0v) is 20.1. The van der Waals surface area contributed by atoms with E-state index in [0.717, 1.165) is 5.56 Å². The molecule has 2 N–H and O–H groups in total. The topological polar surface area (TPSA) is 109 Å². The summed E-state index contributed by atoms with van der Waals surface area (Å²) in [5.74, 6) is -0.586. The number of hydroxylamine groups is 3. The number of piperidine rings is 1. The largest absolute Gasteiger partial charge is 0.444 e. The minimum Gasteiger partial charge on any atom is -0.444 e. The van der Waals surface area contributed by atoms with Crippen molar-refractivity contribution < 1.29 is 28.8 Å². The fourth-order valence-electron chi connectivity index (χ4n) is 3.43. The molecule has 0 unspecified atom stereocenters. The first kappa shape index (κ1) is 26.6. The van der Waals surface area contributed by atoms with Crippen LogP contribution in [0.3, 0.4) is 0 Å². The van der Waals surface area contributed by atoms with Crippen molar-refractivity contribution in [1.82, 2.24) is 20.8 Å². The van der Waals surface area contributed by atoms with Crippen LogP contribution in [-0.2, 0) is 30.6 Å². The second kappa shape index (κ2) is 12.5. The molecule has 2 atom stereocenters. The first-order valence-electron chi connectivity index (χ1n) is 11.1. The molecule has 1 aliphatic rings. The van der Waals surface area contributed by atoms with Crippen molar-refractivity contribution in [2.45, 2.75) is 64.8 Å². The lowest BCUT2D eigenvalue weighted by Crippen LogP contribution is -2.57. The van der Waals surface area contributed by atoms with Crippen LogP contribution in [0.15, 0.2) is 30.3 Å². The Labute approximate surface area is 195 Å². The van der Waals surface area contributed by atoms with Crippen LogP contribution in [0.4, 0.5) is 4.79 Å². The van der Waals surface area contributed by atoms with Gasteiger partial charge in [0.25, 0.3) is 5.91 Å². The summed E-state index contributed by atoms with van der Waals surface area (Å²) in [6.45, 7) is 7.79. The van der Waals surface area contributed by atoms with Gasteiger partial charge in [-0.15, -0.1) is 0 Å². The minimum absolute atomic E-state index is 0.0272. The molecule has 33 heavy (non-hydrogen) atoms. The molecule has 0 saturated carbocycles. The Morgan fingerprint density at radius 1 is 1.15 bits per heavy atom. The second-order valence-corrected chi connectivity index (χ2v) is 8.97. The van der Waals surface area contributed by atoms with Crippen LogP contribution in [0.25, 0.3) is 0 Å². The summed E-state index contributed by atoms with van der Waals surface area (Å²) in [4.78, 5) is 49.0. The number of nitrogens with one attached hydrogen (secondary N) is 2. The van der Waals surface area contributed by atoms with E-state index in [4.69, 9.17) is 14.4 Å². The van der Waals surface area contributed by atoms with E-state index >= 15 is 0 Å². The third kappa shape index (κ3) is 9.37. The Kier molecular flexibility index (Phi) is 10.1. The van der Waals surface area contributed by atoms with E-state index < -0.39 is 23.6 Å². The molecule has 1 fully saturated rings. The van der Waals surface area contributed by atoms with Crippen molar-refractivity contribution in [1.29, 1.82) is 0 Å². The number of likely N-dealkylation sites (N-methyl/N-ethyl adjacent to an activating group) is 1. The fourth-order valence-corrected chi connectivity index (χ4v) is 3.43. The van der Waals surface area contributed by atoms with Gasteiger partial charge in [0.15, 0.2) is 0 Å². The normalized spacial score (nSPS) is 18.7. The summed E-state index contributed by atoms with van der Waals surface area (Å²) in [6.07, 6.45) is 0.610. The highest BCUT2D eigenvalue weighted by Gasteiger charge is 2.36. The predicted octanol–water partition coefficient (Wildman–Crippen LogP) is 2.00.